The maximum Gasteiger partial charge on any atom is 0.229 e. The summed E-state index contributed by atoms with van der Waals surface area (Å²) in [5.74, 6) is 0.291. The SMILES string of the molecule is CN1C(=O)CC[C@]2(C)c3ccc(-c4ccc(NC(=O)C(C)(C)C)cc4)cc3CC[C@@H]12. The number of nitrogens with one attached hydrogen (secondary N) is 1. The molecule has 1 saturated heterocycles. The van der Waals surface area contributed by atoms with E-state index in [1.165, 1.54) is 16.7 Å². The van der Waals surface area contributed by atoms with Gasteiger partial charge in [0.2, 0.25) is 11.8 Å². The summed E-state index contributed by atoms with van der Waals surface area (Å²) in [5, 5.41) is 2.98. The third-order valence-electron chi connectivity index (χ3n) is 7.02. The summed E-state index contributed by atoms with van der Waals surface area (Å²) in [6.07, 6.45) is 3.58. The first-order valence-electron chi connectivity index (χ1n) is 10.9. The fraction of sp³-hybridized carbons (Fsp3) is 0.462. The fourth-order valence-corrected chi connectivity index (χ4v) is 5.03. The van der Waals surface area contributed by atoms with Crippen LogP contribution in [0.4, 0.5) is 5.69 Å². The van der Waals surface area contributed by atoms with Crippen LogP contribution in [0.3, 0.4) is 0 Å². The minimum Gasteiger partial charge on any atom is -0.342 e. The van der Waals surface area contributed by atoms with Gasteiger partial charge in [0.05, 0.1) is 0 Å². The van der Waals surface area contributed by atoms with Crippen LogP contribution in [0.5, 0.6) is 0 Å². The summed E-state index contributed by atoms with van der Waals surface area (Å²) in [5.41, 5.74) is 5.59. The topological polar surface area (TPSA) is 49.4 Å². The lowest BCUT2D eigenvalue weighted by atomic mass is 9.63. The number of likely N-dealkylation sites (N-methyl/N-ethyl adjacent to an activating group) is 1. The standard InChI is InChI=1S/C26H32N2O2/c1-25(2,3)24(30)27-20-10-6-17(7-11-20)18-8-12-21-19(16-18)9-13-22-26(21,4)15-14-23(29)28(22)5/h6-8,10-12,16,22H,9,13-15H2,1-5H3,(H,27,30)/t22-,26-/m1/s1. The zero-order valence-corrected chi connectivity index (χ0v) is 18.7. The number of nitrogens with zero attached hydrogens (tertiary/aromatic N) is 1. The number of aryl methyl sites for hydroxylation is 1. The van der Waals surface area contributed by atoms with Crippen LogP contribution < -0.4 is 5.32 Å². The van der Waals surface area contributed by atoms with Gasteiger partial charge in [0.25, 0.3) is 0 Å². The zero-order valence-electron chi connectivity index (χ0n) is 18.7. The van der Waals surface area contributed by atoms with E-state index in [2.05, 4.69) is 42.6 Å². The predicted octanol–water partition coefficient (Wildman–Crippen LogP) is 5.16. The Hall–Kier alpha value is -2.62. The number of hydrogen-bond acceptors (Lipinski definition) is 2. The first-order chi connectivity index (χ1) is 14.1. The van der Waals surface area contributed by atoms with E-state index in [4.69, 9.17) is 0 Å². The molecule has 2 aromatic carbocycles. The summed E-state index contributed by atoms with van der Waals surface area (Å²) in [7, 11) is 1.96. The number of piperidine rings is 1. The Bertz CT molecular complexity index is 987. The van der Waals surface area contributed by atoms with Crippen molar-refractivity contribution in [3.63, 3.8) is 0 Å². The Morgan fingerprint density at radius 2 is 1.73 bits per heavy atom. The van der Waals surface area contributed by atoms with E-state index >= 15 is 0 Å². The van der Waals surface area contributed by atoms with Crippen molar-refractivity contribution in [1.82, 2.24) is 4.90 Å². The maximum atomic E-state index is 12.2. The van der Waals surface area contributed by atoms with E-state index in [1.807, 2.05) is 44.9 Å². The number of benzene rings is 2. The van der Waals surface area contributed by atoms with Gasteiger partial charge in [-0.1, -0.05) is 58.0 Å². The summed E-state index contributed by atoms with van der Waals surface area (Å²) in [6.45, 7) is 8.06. The van der Waals surface area contributed by atoms with E-state index in [1.54, 1.807) is 0 Å². The number of fused-ring (bicyclic) bond motifs is 3. The van der Waals surface area contributed by atoms with Gasteiger partial charge in [-0.15, -0.1) is 0 Å². The molecule has 1 N–H and O–H groups in total. The summed E-state index contributed by atoms with van der Waals surface area (Å²) < 4.78 is 0. The normalized spacial score (nSPS) is 23.6. The molecule has 0 radical (unpaired) electrons. The van der Waals surface area contributed by atoms with Crippen LogP contribution in [0.15, 0.2) is 42.5 Å². The molecule has 0 aromatic heterocycles. The van der Waals surface area contributed by atoms with Crippen LogP contribution in [0.25, 0.3) is 11.1 Å². The van der Waals surface area contributed by atoms with Crippen LogP contribution in [0.2, 0.25) is 0 Å². The Labute approximate surface area is 179 Å². The second-order valence-electron chi connectivity index (χ2n) is 10.1. The molecule has 4 rings (SSSR count). The zero-order chi connectivity index (χ0) is 21.7. The molecule has 0 unspecified atom stereocenters. The van der Waals surface area contributed by atoms with Crippen molar-refractivity contribution in [1.29, 1.82) is 0 Å². The number of amides is 2. The van der Waals surface area contributed by atoms with Gasteiger partial charge in [-0.05, 0) is 53.6 Å². The molecular formula is C26H32N2O2. The summed E-state index contributed by atoms with van der Waals surface area (Å²) in [4.78, 5) is 26.4. The lowest BCUT2D eigenvalue weighted by Crippen LogP contribution is -2.56. The van der Waals surface area contributed by atoms with Crippen molar-refractivity contribution >= 4 is 17.5 Å². The molecule has 0 saturated carbocycles. The molecule has 4 nitrogen and oxygen atoms in total. The minimum absolute atomic E-state index is 0.0164. The van der Waals surface area contributed by atoms with Gasteiger partial charge in [-0.3, -0.25) is 9.59 Å². The first-order valence-corrected chi connectivity index (χ1v) is 10.9. The predicted molar refractivity (Wildman–Crippen MR) is 121 cm³/mol. The Morgan fingerprint density at radius 3 is 2.40 bits per heavy atom. The van der Waals surface area contributed by atoms with Gasteiger partial charge in [0.15, 0.2) is 0 Å². The Morgan fingerprint density at radius 1 is 1.07 bits per heavy atom. The molecule has 30 heavy (non-hydrogen) atoms. The number of rotatable bonds is 2. The van der Waals surface area contributed by atoms with Crippen molar-refractivity contribution in [2.45, 2.75) is 64.8 Å². The quantitative estimate of drug-likeness (QED) is 0.751. The number of carbonyl (C=O) groups excluding carboxylic acids is 2. The molecule has 2 amide bonds. The van der Waals surface area contributed by atoms with Crippen LogP contribution in [-0.2, 0) is 21.4 Å². The number of anilines is 1. The number of likely N-dealkylation sites (tertiary alicyclic amines) is 1. The molecule has 1 aliphatic carbocycles. The smallest absolute Gasteiger partial charge is 0.229 e. The summed E-state index contributed by atoms with van der Waals surface area (Å²) in [6, 6.07) is 15.2. The van der Waals surface area contributed by atoms with Gasteiger partial charge in [-0.25, -0.2) is 0 Å². The monoisotopic (exact) mass is 404 g/mol. The molecule has 4 heteroatoms. The highest BCUT2D eigenvalue weighted by molar-refractivity contribution is 5.94. The van der Waals surface area contributed by atoms with Crippen molar-refractivity contribution in [2.75, 3.05) is 12.4 Å². The molecule has 1 fully saturated rings. The van der Waals surface area contributed by atoms with Crippen LogP contribution in [-0.4, -0.2) is 29.8 Å². The lowest BCUT2D eigenvalue weighted by Gasteiger charge is -2.50. The molecule has 1 aliphatic heterocycles. The van der Waals surface area contributed by atoms with E-state index in [9.17, 15) is 9.59 Å². The second kappa shape index (κ2) is 7.26. The van der Waals surface area contributed by atoms with Gasteiger partial charge in [-0.2, -0.15) is 0 Å². The van der Waals surface area contributed by atoms with E-state index in [0.717, 1.165) is 30.5 Å². The third-order valence-corrected chi connectivity index (χ3v) is 7.02. The fourth-order valence-electron chi connectivity index (χ4n) is 5.03. The average molecular weight is 405 g/mol. The van der Waals surface area contributed by atoms with Gasteiger partial charge in [0, 0.05) is 36.0 Å². The Kier molecular flexibility index (Phi) is 5.00. The van der Waals surface area contributed by atoms with Gasteiger partial charge >= 0.3 is 0 Å². The third kappa shape index (κ3) is 3.53. The molecular weight excluding hydrogens is 372 g/mol. The van der Waals surface area contributed by atoms with E-state index in [-0.39, 0.29) is 17.2 Å². The highest BCUT2D eigenvalue weighted by atomic mass is 16.2. The Balaban J connectivity index is 1.58. The minimum atomic E-state index is -0.414. The number of hydrogen-bond donors (Lipinski definition) is 1. The van der Waals surface area contributed by atoms with Crippen molar-refractivity contribution in [3.8, 4) is 11.1 Å². The lowest BCUT2D eigenvalue weighted by molar-refractivity contribution is -0.138. The van der Waals surface area contributed by atoms with Crippen LogP contribution >= 0.6 is 0 Å². The van der Waals surface area contributed by atoms with Gasteiger partial charge in [0.1, 0.15) is 0 Å². The molecule has 158 valence electrons. The van der Waals surface area contributed by atoms with E-state index in [0.29, 0.717) is 12.5 Å². The molecule has 2 atom stereocenters. The maximum absolute atomic E-state index is 12.2. The average Bonchev–Trinajstić information content (AvgIpc) is 2.70. The molecule has 1 heterocycles. The largest absolute Gasteiger partial charge is 0.342 e. The van der Waals surface area contributed by atoms with Crippen LogP contribution in [0, 0.1) is 5.41 Å². The molecule has 2 aromatic rings. The van der Waals surface area contributed by atoms with Crippen molar-refractivity contribution in [3.05, 3.63) is 53.6 Å². The molecule has 0 bridgehead atoms. The highest BCUT2D eigenvalue weighted by Crippen LogP contribution is 2.46. The van der Waals surface area contributed by atoms with Gasteiger partial charge < -0.3 is 10.2 Å². The highest BCUT2D eigenvalue weighted by Gasteiger charge is 2.46. The molecule has 2 aliphatic rings. The van der Waals surface area contributed by atoms with E-state index < -0.39 is 5.41 Å². The number of carbonyl (C=O) groups is 2. The van der Waals surface area contributed by atoms with Crippen molar-refractivity contribution in [2.24, 2.45) is 5.41 Å². The molecule has 0 spiro atoms. The summed E-state index contributed by atoms with van der Waals surface area (Å²) >= 11 is 0. The van der Waals surface area contributed by atoms with Crippen LogP contribution in [0.1, 0.15) is 58.1 Å². The van der Waals surface area contributed by atoms with Crippen molar-refractivity contribution < 1.29 is 9.59 Å². The second-order valence-corrected chi connectivity index (χ2v) is 10.1. The first kappa shape index (κ1) is 20.6.